The summed E-state index contributed by atoms with van der Waals surface area (Å²) in [5, 5.41) is 7.37. The number of sulfonamides is 1. The van der Waals surface area contributed by atoms with E-state index in [9.17, 15) is 13.2 Å². The fourth-order valence-electron chi connectivity index (χ4n) is 3.95. The van der Waals surface area contributed by atoms with E-state index >= 15 is 0 Å². The standard InChI is InChI=1S/C23H25BrN4O3S/c1-16-21(24)22(17-8-4-2-5-9-17)28(26-16)19-12-14-20(15-13-19)32(30,31)27-23(29)25-18-10-6-3-7-11-18/h2,4-5,8-9,12-15,18H,3,6-7,10-11H2,1H3,(H2,25,27,29). The van der Waals surface area contributed by atoms with Crippen LogP contribution in [0, 0.1) is 6.92 Å². The number of carbonyl (C=O) groups is 1. The summed E-state index contributed by atoms with van der Waals surface area (Å²) in [6, 6.07) is 15.5. The second-order valence-electron chi connectivity index (χ2n) is 7.93. The number of hydrogen-bond acceptors (Lipinski definition) is 4. The number of hydrogen-bond donors (Lipinski definition) is 2. The van der Waals surface area contributed by atoms with Crippen molar-refractivity contribution >= 4 is 32.0 Å². The zero-order chi connectivity index (χ0) is 22.7. The summed E-state index contributed by atoms with van der Waals surface area (Å²) in [5.74, 6) is 0. The molecule has 2 aromatic carbocycles. The molecule has 4 rings (SSSR count). The Hall–Kier alpha value is -2.65. The highest BCUT2D eigenvalue weighted by atomic mass is 79.9. The Morgan fingerprint density at radius 1 is 1.03 bits per heavy atom. The molecule has 0 spiro atoms. The molecule has 168 valence electrons. The van der Waals surface area contributed by atoms with Gasteiger partial charge in [0.15, 0.2) is 0 Å². The van der Waals surface area contributed by atoms with Crippen molar-refractivity contribution in [3.8, 4) is 16.9 Å². The number of nitrogens with one attached hydrogen (secondary N) is 2. The lowest BCUT2D eigenvalue weighted by atomic mass is 9.96. The number of halogens is 1. The van der Waals surface area contributed by atoms with Crippen molar-refractivity contribution in [1.82, 2.24) is 19.8 Å². The molecule has 1 saturated carbocycles. The summed E-state index contributed by atoms with van der Waals surface area (Å²) in [7, 11) is -3.98. The first-order chi connectivity index (χ1) is 15.3. The molecule has 2 amide bonds. The lowest BCUT2D eigenvalue weighted by molar-refractivity contribution is 0.237. The molecule has 0 bridgehead atoms. The minimum Gasteiger partial charge on any atom is -0.335 e. The fraction of sp³-hybridized carbons (Fsp3) is 0.304. The highest BCUT2D eigenvalue weighted by Crippen LogP contribution is 2.33. The number of benzene rings is 2. The van der Waals surface area contributed by atoms with Crippen LogP contribution in [0.25, 0.3) is 16.9 Å². The van der Waals surface area contributed by atoms with Crippen molar-refractivity contribution in [1.29, 1.82) is 0 Å². The first-order valence-electron chi connectivity index (χ1n) is 10.6. The van der Waals surface area contributed by atoms with Crippen LogP contribution < -0.4 is 10.0 Å². The van der Waals surface area contributed by atoms with Gasteiger partial charge >= 0.3 is 6.03 Å². The zero-order valence-corrected chi connectivity index (χ0v) is 20.1. The van der Waals surface area contributed by atoms with Gasteiger partial charge < -0.3 is 5.32 Å². The van der Waals surface area contributed by atoms with Crippen molar-refractivity contribution < 1.29 is 13.2 Å². The minimum atomic E-state index is -3.98. The molecule has 32 heavy (non-hydrogen) atoms. The highest BCUT2D eigenvalue weighted by molar-refractivity contribution is 9.10. The predicted molar refractivity (Wildman–Crippen MR) is 127 cm³/mol. The number of carbonyl (C=O) groups excluding carboxylic acids is 1. The largest absolute Gasteiger partial charge is 0.335 e. The maximum Gasteiger partial charge on any atom is 0.328 e. The van der Waals surface area contributed by atoms with Gasteiger partial charge in [0, 0.05) is 11.6 Å². The van der Waals surface area contributed by atoms with Gasteiger partial charge in [0.25, 0.3) is 10.0 Å². The van der Waals surface area contributed by atoms with Crippen LogP contribution in [0.4, 0.5) is 4.79 Å². The van der Waals surface area contributed by atoms with Crippen LogP contribution in [0.1, 0.15) is 37.8 Å². The third-order valence-corrected chi connectivity index (χ3v) is 7.89. The van der Waals surface area contributed by atoms with Crippen LogP contribution >= 0.6 is 15.9 Å². The summed E-state index contributed by atoms with van der Waals surface area (Å²) in [6.07, 6.45) is 5.01. The SMILES string of the molecule is Cc1nn(-c2ccc(S(=O)(=O)NC(=O)NC3CCCCC3)cc2)c(-c2ccccc2)c1Br. The van der Waals surface area contributed by atoms with Gasteiger partial charge in [-0.2, -0.15) is 5.10 Å². The van der Waals surface area contributed by atoms with E-state index in [1.165, 1.54) is 12.1 Å². The Bertz CT molecular complexity index is 1200. The Morgan fingerprint density at radius 2 is 1.69 bits per heavy atom. The second kappa shape index (κ2) is 9.46. The number of urea groups is 1. The third-order valence-electron chi connectivity index (χ3n) is 5.59. The van der Waals surface area contributed by atoms with Gasteiger partial charge in [0.2, 0.25) is 0 Å². The summed E-state index contributed by atoms with van der Waals surface area (Å²) in [4.78, 5) is 12.2. The van der Waals surface area contributed by atoms with E-state index in [1.54, 1.807) is 16.8 Å². The van der Waals surface area contributed by atoms with E-state index in [4.69, 9.17) is 0 Å². The van der Waals surface area contributed by atoms with E-state index in [0.29, 0.717) is 5.69 Å². The van der Waals surface area contributed by atoms with Crippen molar-refractivity contribution in [3.05, 3.63) is 64.8 Å². The molecule has 2 N–H and O–H groups in total. The maximum atomic E-state index is 12.7. The number of rotatable bonds is 5. The molecule has 7 nitrogen and oxygen atoms in total. The van der Waals surface area contributed by atoms with Gasteiger partial charge in [-0.05, 0) is 60.0 Å². The number of aryl methyl sites for hydroxylation is 1. The van der Waals surface area contributed by atoms with Gasteiger partial charge in [-0.3, -0.25) is 0 Å². The molecule has 1 heterocycles. The normalized spacial score (nSPS) is 14.8. The van der Waals surface area contributed by atoms with Crippen LogP contribution in [0.3, 0.4) is 0 Å². The maximum absolute atomic E-state index is 12.7. The van der Waals surface area contributed by atoms with Crippen LogP contribution in [0.2, 0.25) is 0 Å². The summed E-state index contributed by atoms with van der Waals surface area (Å²) < 4.78 is 30.1. The molecular formula is C23H25BrN4O3S. The van der Waals surface area contributed by atoms with Gasteiger partial charge in [-0.25, -0.2) is 22.6 Å². The molecule has 1 aliphatic rings. The van der Waals surface area contributed by atoms with Gasteiger partial charge in [0.05, 0.1) is 26.4 Å². The van der Waals surface area contributed by atoms with Crippen molar-refractivity contribution in [3.63, 3.8) is 0 Å². The minimum absolute atomic E-state index is 0.0178. The summed E-state index contributed by atoms with van der Waals surface area (Å²) in [5.41, 5.74) is 3.39. The molecule has 1 fully saturated rings. The lowest BCUT2D eigenvalue weighted by Gasteiger charge is -2.22. The van der Waals surface area contributed by atoms with Crippen LogP contribution in [0.5, 0.6) is 0 Å². The highest BCUT2D eigenvalue weighted by Gasteiger charge is 2.22. The third kappa shape index (κ3) is 4.88. The first kappa shape index (κ1) is 22.5. The van der Waals surface area contributed by atoms with E-state index < -0.39 is 16.1 Å². The Morgan fingerprint density at radius 3 is 2.34 bits per heavy atom. The molecule has 0 radical (unpaired) electrons. The monoisotopic (exact) mass is 516 g/mol. The van der Waals surface area contributed by atoms with Crippen LogP contribution in [-0.2, 0) is 10.0 Å². The molecule has 0 atom stereocenters. The van der Waals surface area contributed by atoms with E-state index in [-0.39, 0.29) is 10.9 Å². The van der Waals surface area contributed by atoms with Crippen LogP contribution in [0.15, 0.2) is 64.0 Å². The average Bonchev–Trinajstić information content (AvgIpc) is 3.09. The lowest BCUT2D eigenvalue weighted by Crippen LogP contribution is -2.45. The van der Waals surface area contributed by atoms with Crippen molar-refractivity contribution in [2.45, 2.75) is 50.0 Å². The fourth-order valence-corrected chi connectivity index (χ4v) is 5.34. The van der Waals surface area contributed by atoms with Crippen molar-refractivity contribution in [2.24, 2.45) is 0 Å². The summed E-state index contributed by atoms with van der Waals surface area (Å²) in [6.45, 7) is 1.90. The van der Waals surface area contributed by atoms with Crippen molar-refractivity contribution in [2.75, 3.05) is 0 Å². The van der Waals surface area contributed by atoms with Gasteiger partial charge in [-0.15, -0.1) is 0 Å². The van der Waals surface area contributed by atoms with Crippen LogP contribution in [-0.4, -0.2) is 30.3 Å². The quantitative estimate of drug-likeness (QED) is 0.502. The van der Waals surface area contributed by atoms with Gasteiger partial charge in [-0.1, -0.05) is 49.6 Å². The Labute approximate surface area is 196 Å². The molecule has 1 aromatic heterocycles. The zero-order valence-electron chi connectivity index (χ0n) is 17.7. The van der Waals surface area contributed by atoms with Gasteiger partial charge in [0.1, 0.15) is 0 Å². The number of aromatic nitrogens is 2. The molecule has 3 aromatic rings. The van der Waals surface area contributed by atoms with E-state index in [0.717, 1.165) is 53.5 Å². The number of amides is 2. The molecule has 0 unspecified atom stereocenters. The molecule has 1 aliphatic carbocycles. The molecule has 9 heteroatoms. The molecular weight excluding hydrogens is 492 g/mol. The molecule has 0 saturated heterocycles. The number of nitrogens with zero attached hydrogens (tertiary/aromatic N) is 2. The molecule has 0 aliphatic heterocycles. The average molecular weight is 517 g/mol. The Balaban J connectivity index is 1.55. The smallest absolute Gasteiger partial charge is 0.328 e. The Kier molecular flexibility index (Phi) is 6.66. The first-order valence-corrected chi connectivity index (χ1v) is 12.9. The topological polar surface area (TPSA) is 93.1 Å². The predicted octanol–water partition coefficient (Wildman–Crippen LogP) is 4.93. The summed E-state index contributed by atoms with van der Waals surface area (Å²) >= 11 is 3.62. The second-order valence-corrected chi connectivity index (χ2v) is 10.4. The van der Waals surface area contributed by atoms with E-state index in [2.05, 4.69) is 31.1 Å². The van der Waals surface area contributed by atoms with E-state index in [1.807, 2.05) is 37.3 Å².